The maximum atomic E-state index is 11.3. The number of hydrogen-bond donors (Lipinski definition) is 1. The summed E-state index contributed by atoms with van der Waals surface area (Å²) in [5.74, 6) is 0.0251. The Balaban J connectivity index is 1.64. The van der Waals surface area contributed by atoms with E-state index < -0.39 is 5.97 Å². The Bertz CT molecular complexity index is 719. The number of aliphatic carboxylic acids is 1. The van der Waals surface area contributed by atoms with Gasteiger partial charge in [0.1, 0.15) is 18.4 Å². The highest BCUT2D eigenvalue weighted by atomic mass is 35.5. The number of likely N-dealkylation sites (tertiary alicyclic amines) is 1. The average molecular weight is 346 g/mol. The van der Waals surface area contributed by atoms with Crippen LogP contribution in [0.3, 0.4) is 0 Å². The van der Waals surface area contributed by atoms with E-state index >= 15 is 0 Å². The molecule has 0 spiro atoms. The molecule has 3 rings (SSSR count). The third kappa shape index (κ3) is 4.08. The second-order valence-electron chi connectivity index (χ2n) is 5.99. The highest BCUT2D eigenvalue weighted by Crippen LogP contribution is 2.23. The lowest BCUT2D eigenvalue weighted by Gasteiger charge is -2.21. The number of halogens is 1. The van der Waals surface area contributed by atoms with Gasteiger partial charge in [-0.3, -0.25) is 9.69 Å². The standard InChI is InChI=1S/C19H20ClNO3/c20-17-8-2-1-6-15(17)13-24-16-7-3-5-14(11-16)12-21-10-4-9-18(21)19(22)23/h1-3,5-8,11,18H,4,9-10,12-13H2,(H,22,23)/t18-/m0/s1. The van der Waals surface area contributed by atoms with Gasteiger partial charge in [-0.1, -0.05) is 41.9 Å². The lowest BCUT2D eigenvalue weighted by atomic mass is 10.1. The summed E-state index contributed by atoms with van der Waals surface area (Å²) in [7, 11) is 0. The fourth-order valence-electron chi connectivity index (χ4n) is 3.04. The minimum atomic E-state index is -0.737. The first-order valence-electron chi connectivity index (χ1n) is 8.05. The summed E-state index contributed by atoms with van der Waals surface area (Å²) in [4.78, 5) is 13.3. The lowest BCUT2D eigenvalue weighted by Crippen LogP contribution is -2.35. The summed E-state index contributed by atoms with van der Waals surface area (Å²) in [5.41, 5.74) is 2.00. The van der Waals surface area contributed by atoms with E-state index in [0.717, 1.165) is 36.3 Å². The first-order chi connectivity index (χ1) is 11.6. The molecule has 1 saturated heterocycles. The molecular formula is C19H20ClNO3. The molecule has 0 radical (unpaired) electrons. The van der Waals surface area contributed by atoms with Gasteiger partial charge in [0.2, 0.25) is 0 Å². The van der Waals surface area contributed by atoms with E-state index in [4.69, 9.17) is 16.3 Å². The van der Waals surface area contributed by atoms with Crippen LogP contribution in [0.4, 0.5) is 0 Å². The third-order valence-corrected chi connectivity index (χ3v) is 4.65. The SMILES string of the molecule is O=C(O)[C@@H]1CCCN1Cc1cccc(OCc2ccccc2Cl)c1. The van der Waals surface area contributed by atoms with Crippen LogP contribution in [-0.4, -0.2) is 28.6 Å². The first-order valence-corrected chi connectivity index (χ1v) is 8.43. The van der Waals surface area contributed by atoms with Crippen molar-refractivity contribution in [2.24, 2.45) is 0 Å². The van der Waals surface area contributed by atoms with E-state index in [1.165, 1.54) is 0 Å². The molecule has 1 atom stereocenters. The van der Waals surface area contributed by atoms with Crippen molar-refractivity contribution in [3.05, 3.63) is 64.7 Å². The van der Waals surface area contributed by atoms with Gasteiger partial charge in [0.05, 0.1) is 0 Å². The van der Waals surface area contributed by atoms with E-state index in [-0.39, 0.29) is 6.04 Å². The van der Waals surface area contributed by atoms with Gasteiger partial charge in [0.15, 0.2) is 0 Å². The minimum Gasteiger partial charge on any atom is -0.489 e. The van der Waals surface area contributed by atoms with Crippen molar-refractivity contribution in [2.45, 2.75) is 32.0 Å². The van der Waals surface area contributed by atoms with Gasteiger partial charge in [-0.15, -0.1) is 0 Å². The highest BCUT2D eigenvalue weighted by molar-refractivity contribution is 6.31. The summed E-state index contributed by atoms with van der Waals surface area (Å²) < 4.78 is 5.83. The van der Waals surface area contributed by atoms with Crippen molar-refractivity contribution in [1.29, 1.82) is 0 Å². The maximum absolute atomic E-state index is 11.3. The van der Waals surface area contributed by atoms with Gasteiger partial charge < -0.3 is 9.84 Å². The Kier molecular flexibility index (Phi) is 5.38. The van der Waals surface area contributed by atoms with Crippen LogP contribution in [0.25, 0.3) is 0 Å². The molecule has 2 aromatic carbocycles. The molecule has 1 fully saturated rings. The second-order valence-corrected chi connectivity index (χ2v) is 6.40. The van der Waals surface area contributed by atoms with Crippen LogP contribution in [0.1, 0.15) is 24.0 Å². The number of hydrogen-bond acceptors (Lipinski definition) is 3. The Morgan fingerprint density at radius 2 is 2.08 bits per heavy atom. The van der Waals surface area contributed by atoms with E-state index in [1.54, 1.807) is 0 Å². The van der Waals surface area contributed by atoms with Gasteiger partial charge in [-0.2, -0.15) is 0 Å². The highest BCUT2D eigenvalue weighted by Gasteiger charge is 2.30. The first kappa shape index (κ1) is 16.8. The number of nitrogens with zero attached hydrogens (tertiary/aromatic N) is 1. The molecule has 1 aliphatic rings. The predicted molar refractivity (Wildman–Crippen MR) is 93.3 cm³/mol. The van der Waals surface area contributed by atoms with Crippen LogP contribution in [0.5, 0.6) is 5.75 Å². The van der Waals surface area contributed by atoms with Crippen LogP contribution < -0.4 is 4.74 Å². The number of carboxylic acid groups (broad SMARTS) is 1. The fraction of sp³-hybridized carbons (Fsp3) is 0.316. The van der Waals surface area contributed by atoms with Crippen molar-refractivity contribution in [3.8, 4) is 5.75 Å². The van der Waals surface area contributed by atoms with Crippen LogP contribution in [0.2, 0.25) is 5.02 Å². The van der Waals surface area contributed by atoms with E-state index in [2.05, 4.69) is 0 Å². The minimum absolute atomic E-state index is 0.377. The Morgan fingerprint density at radius 3 is 2.88 bits per heavy atom. The number of ether oxygens (including phenoxy) is 1. The molecule has 0 amide bonds. The molecule has 0 aliphatic carbocycles. The molecule has 0 unspecified atom stereocenters. The Morgan fingerprint density at radius 1 is 1.25 bits per heavy atom. The van der Waals surface area contributed by atoms with Crippen molar-refractivity contribution in [3.63, 3.8) is 0 Å². The molecule has 126 valence electrons. The molecule has 2 aromatic rings. The zero-order valence-corrected chi connectivity index (χ0v) is 14.1. The zero-order chi connectivity index (χ0) is 16.9. The van der Waals surface area contributed by atoms with Crippen LogP contribution in [0.15, 0.2) is 48.5 Å². The molecule has 24 heavy (non-hydrogen) atoms. The summed E-state index contributed by atoms with van der Waals surface area (Å²) in [5, 5.41) is 9.96. The summed E-state index contributed by atoms with van der Waals surface area (Å²) >= 11 is 6.14. The quantitative estimate of drug-likeness (QED) is 0.860. The van der Waals surface area contributed by atoms with Crippen molar-refractivity contribution < 1.29 is 14.6 Å². The molecule has 1 aliphatic heterocycles. The molecule has 0 aromatic heterocycles. The van der Waals surface area contributed by atoms with Gasteiger partial charge in [-0.25, -0.2) is 0 Å². The predicted octanol–water partition coefficient (Wildman–Crippen LogP) is 3.97. The van der Waals surface area contributed by atoms with E-state index in [9.17, 15) is 9.90 Å². The van der Waals surface area contributed by atoms with E-state index in [0.29, 0.717) is 18.2 Å². The van der Waals surface area contributed by atoms with Crippen LogP contribution >= 0.6 is 11.6 Å². The molecular weight excluding hydrogens is 326 g/mol. The average Bonchev–Trinajstić information content (AvgIpc) is 3.03. The molecule has 5 heteroatoms. The number of rotatable bonds is 6. The normalized spacial score (nSPS) is 17.8. The summed E-state index contributed by atoms with van der Waals surface area (Å²) in [6.45, 7) is 1.85. The number of carbonyl (C=O) groups is 1. The smallest absolute Gasteiger partial charge is 0.320 e. The number of benzene rings is 2. The van der Waals surface area contributed by atoms with Gasteiger partial charge in [0, 0.05) is 17.1 Å². The topological polar surface area (TPSA) is 49.8 Å². The zero-order valence-electron chi connectivity index (χ0n) is 13.3. The van der Waals surface area contributed by atoms with Gasteiger partial charge >= 0.3 is 5.97 Å². The van der Waals surface area contributed by atoms with Crippen LogP contribution in [-0.2, 0) is 17.9 Å². The molecule has 1 heterocycles. The monoisotopic (exact) mass is 345 g/mol. The molecule has 4 nitrogen and oxygen atoms in total. The summed E-state index contributed by atoms with van der Waals surface area (Å²) in [6.07, 6.45) is 1.65. The van der Waals surface area contributed by atoms with Crippen molar-refractivity contribution in [1.82, 2.24) is 4.90 Å². The molecule has 0 saturated carbocycles. The van der Waals surface area contributed by atoms with Gasteiger partial charge in [0.25, 0.3) is 0 Å². The van der Waals surface area contributed by atoms with E-state index in [1.807, 2.05) is 53.4 Å². The summed E-state index contributed by atoms with van der Waals surface area (Å²) in [6, 6.07) is 15.0. The Hall–Kier alpha value is -2.04. The molecule has 1 N–H and O–H groups in total. The Labute approximate surface area is 146 Å². The van der Waals surface area contributed by atoms with Crippen molar-refractivity contribution in [2.75, 3.05) is 6.54 Å². The molecule has 0 bridgehead atoms. The van der Waals surface area contributed by atoms with Crippen LogP contribution in [0, 0.1) is 0 Å². The third-order valence-electron chi connectivity index (χ3n) is 4.29. The van der Waals surface area contributed by atoms with Gasteiger partial charge in [-0.05, 0) is 43.1 Å². The second kappa shape index (κ2) is 7.69. The maximum Gasteiger partial charge on any atom is 0.320 e. The number of carboxylic acids is 1. The largest absolute Gasteiger partial charge is 0.489 e. The fourth-order valence-corrected chi connectivity index (χ4v) is 3.23. The lowest BCUT2D eigenvalue weighted by molar-refractivity contribution is -0.142. The van der Waals surface area contributed by atoms with Crippen molar-refractivity contribution >= 4 is 17.6 Å².